The fraction of sp³-hybridized carbons (Fsp3) is 0.500. The number of carbonyl (C=O) groups is 1. The second kappa shape index (κ2) is 4.82. The molecule has 1 aromatic carbocycles. The maximum Gasteiger partial charge on any atom is 0.407 e. The third kappa shape index (κ3) is 2.24. The van der Waals surface area contributed by atoms with Crippen molar-refractivity contribution in [1.82, 2.24) is 4.90 Å². The van der Waals surface area contributed by atoms with E-state index in [4.69, 9.17) is 5.11 Å². The molecule has 1 amide bonds. The van der Waals surface area contributed by atoms with Crippen molar-refractivity contribution in [1.29, 1.82) is 5.26 Å². The highest BCUT2D eigenvalue weighted by Gasteiger charge is 2.50. The maximum absolute atomic E-state index is 11.0. The molecule has 104 valence electrons. The molecule has 1 saturated carbocycles. The van der Waals surface area contributed by atoms with Gasteiger partial charge in [-0.05, 0) is 36.7 Å². The number of fused-ring (bicyclic) bond motifs is 1. The van der Waals surface area contributed by atoms with Crippen molar-refractivity contribution in [2.24, 2.45) is 17.3 Å². The lowest BCUT2D eigenvalue weighted by Gasteiger charge is -2.23. The average Bonchev–Trinajstić information content (AvgIpc) is 2.96. The lowest BCUT2D eigenvalue weighted by Crippen LogP contribution is -2.30. The first-order chi connectivity index (χ1) is 9.62. The van der Waals surface area contributed by atoms with E-state index in [-0.39, 0.29) is 5.41 Å². The summed E-state index contributed by atoms with van der Waals surface area (Å²) >= 11 is 0. The number of carboxylic acid groups (broad SMARTS) is 1. The van der Waals surface area contributed by atoms with Gasteiger partial charge in [-0.15, -0.1) is 0 Å². The minimum atomic E-state index is -0.829. The van der Waals surface area contributed by atoms with Crippen LogP contribution in [0.25, 0.3) is 0 Å². The van der Waals surface area contributed by atoms with Crippen molar-refractivity contribution >= 4 is 6.09 Å². The molecule has 0 aromatic heterocycles. The molecule has 1 N–H and O–H groups in total. The predicted octanol–water partition coefficient (Wildman–Crippen LogP) is 2.76. The molecule has 0 bridgehead atoms. The van der Waals surface area contributed by atoms with Gasteiger partial charge < -0.3 is 10.0 Å². The van der Waals surface area contributed by atoms with E-state index in [1.54, 1.807) is 0 Å². The van der Waals surface area contributed by atoms with Gasteiger partial charge in [-0.3, -0.25) is 0 Å². The average molecular weight is 270 g/mol. The third-order valence-corrected chi connectivity index (χ3v) is 4.78. The van der Waals surface area contributed by atoms with E-state index in [0.29, 0.717) is 24.9 Å². The summed E-state index contributed by atoms with van der Waals surface area (Å²) in [5, 5.41) is 18.7. The standard InChI is InChI=1S/C16H18N2O2/c17-11-16(6-12-4-2-1-3-5-12)7-13-9-18(15(19)20)10-14(13)8-16/h1-5,13-14H,6-10H2,(H,19,20). The summed E-state index contributed by atoms with van der Waals surface area (Å²) in [6.45, 7) is 1.19. The molecule has 20 heavy (non-hydrogen) atoms. The van der Waals surface area contributed by atoms with E-state index < -0.39 is 6.09 Å². The summed E-state index contributed by atoms with van der Waals surface area (Å²) in [4.78, 5) is 12.5. The van der Waals surface area contributed by atoms with Crippen LogP contribution in [-0.4, -0.2) is 29.2 Å². The summed E-state index contributed by atoms with van der Waals surface area (Å²) in [6, 6.07) is 12.7. The zero-order valence-corrected chi connectivity index (χ0v) is 11.3. The lowest BCUT2D eigenvalue weighted by molar-refractivity contribution is 0.149. The maximum atomic E-state index is 11.0. The van der Waals surface area contributed by atoms with Gasteiger partial charge in [-0.25, -0.2) is 4.79 Å². The van der Waals surface area contributed by atoms with E-state index in [1.807, 2.05) is 18.2 Å². The number of amides is 1. The Morgan fingerprint density at radius 2 is 1.90 bits per heavy atom. The third-order valence-electron chi connectivity index (χ3n) is 4.78. The van der Waals surface area contributed by atoms with Crippen LogP contribution in [0, 0.1) is 28.6 Å². The molecule has 0 radical (unpaired) electrons. The molecular formula is C16H18N2O2. The molecule has 1 aromatic rings. The normalized spacial score (nSPS) is 31.9. The second-order valence-electron chi connectivity index (χ2n) is 6.17. The summed E-state index contributed by atoms with van der Waals surface area (Å²) in [5.41, 5.74) is 0.894. The first-order valence-corrected chi connectivity index (χ1v) is 7.05. The Kier molecular flexibility index (Phi) is 3.13. The molecule has 1 aliphatic carbocycles. The van der Waals surface area contributed by atoms with E-state index in [0.717, 1.165) is 19.3 Å². The van der Waals surface area contributed by atoms with Crippen LogP contribution in [-0.2, 0) is 6.42 Å². The second-order valence-corrected chi connectivity index (χ2v) is 6.17. The molecule has 4 heteroatoms. The van der Waals surface area contributed by atoms with Crippen LogP contribution in [0.15, 0.2) is 30.3 Å². The molecule has 1 heterocycles. The minimum Gasteiger partial charge on any atom is -0.465 e. The smallest absolute Gasteiger partial charge is 0.407 e. The molecule has 2 fully saturated rings. The van der Waals surface area contributed by atoms with Crippen LogP contribution in [0.1, 0.15) is 18.4 Å². The van der Waals surface area contributed by atoms with Gasteiger partial charge in [-0.2, -0.15) is 5.26 Å². The summed E-state index contributed by atoms with van der Waals surface area (Å²) < 4.78 is 0. The fourth-order valence-electron chi connectivity index (χ4n) is 3.91. The van der Waals surface area contributed by atoms with Gasteiger partial charge in [0.2, 0.25) is 0 Å². The van der Waals surface area contributed by atoms with Crippen LogP contribution >= 0.6 is 0 Å². The van der Waals surface area contributed by atoms with Gasteiger partial charge in [0.25, 0.3) is 0 Å². The number of likely N-dealkylation sites (tertiary alicyclic amines) is 1. The van der Waals surface area contributed by atoms with Crippen molar-refractivity contribution in [3.05, 3.63) is 35.9 Å². The molecule has 3 rings (SSSR count). The first kappa shape index (κ1) is 13.0. The molecule has 1 aliphatic heterocycles. The number of nitrogens with zero attached hydrogens (tertiary/aromatic N) is 2. The zero-order valence-electron chi connectivity index (χ0n) is 11.3. The topological polar surface area (TPSA) is 64.3 Å². The molecule has 0 spiro atoms. The Balaban J connectivity index is 1.72. The first-order valence-electron chi connectivity index (χ1n) is 7.05. The Morgan fingerprint density at radius 1 is 1.30 bits per heavy atom. The highest BCUT2D eigenvalue weighted by Crippen LogP contribution is 2.50. The van der Waals surface area contributed by atoms with Crippen molar-refractivity contribution in [2.45, 2.75) is 19.3 Å². The Morgan fingerprint density at radius 3 is 2.40 bits per heavy atom. The molecule has 4 nitrogen and oxygen atoms in total. The highest BCUT2D eigenvalue weighted by molar-refractivity contribution is 5.65. The van der Waals surface area contributed by atoms with Crippen molar-refractivity contribution < 1.29 is 9.90 Å². The van der Waals surface area contributed by atoms with Crippen LogP contribution in [0.4, 0.5) is 4.79 Å². The molecule has 2 aliphatic rings. The Hall–Kier alpha value is -2.02. The lowest BCUT2D eigenvalue weighted by atomic mass is 9.80. The monoisotopic (exact) mass is 270 g/mol. The quantitative estimate of drug-likeness (QED) is 0.898. The summed E-state index contributed by atoms with van der Waals surface area (Å²) in [5.74, 6) is 0.712. The van der Waals surface area contributed by atoms with Gasteiger partial charge >= 0.3 is 6.09 Å². The largest absolute Gasteiger partial charge is 0.465 e. The fourth-order valence-corrected chi connectivity index (χ4v) is 3.91. The number of benzene rings is 1. The van der Waals surface area contributed by atoms with Gasteiger partial charge in [0.05, 0.1) is 11.5 Å². The van der Waals surface area contributed by atoms with Crippen LogP contribution in [0.5, 0.6) is 0 Å². The van der Waals surface area contributed by atoms with E-state index >= 15 is 0 Å². The molecule has 2 atom stereocenters. The van der Waals surface area contributed by atoms with Gasteiger partial charge in [0.15, 0.2) is 0 Å². The molecule has 1 saturated heterocycles. The van der Waals surface area contributed by atoms with Gasteiger partial charge in [-0.1, -0.05) is 30.3 Å². The Labute approximate surface area is 118 Å². The molecule has 2 unspecified atom stereocenters. The number of rotatable bonds is 2. The minimum absolute atomic E-state index is 0.304. The van der Waals surface area contributed by atoms with E-state index in [9.17, 15) is 10.1 Å². The number of hydrogen-bond donors (Lipinski definition) is 1. The van der Waals surface area contributed by atoms with Gasteiger partial charge in [0, 0.05) is 13.1 Å². The van der Waals surface area contributed by atoms with Crippen molar-refractivity contribution in [3.63, 3.8) is 0 Å². The predicted molar refractivity (Wildman–Crippen MR) is 74.0 cm³/mol. The van der Waals surface area contributed by atoms with Gasteiger partial charge in [0.1, 0.15) is 0 Å². The molecular weight excluding hydrogens is 252 g/mol. The SMILES string of the molecule is N#CC1(Cc2ccccc2)CC2CN(C(=O)O)CC2C1. The van der Waals surface area contributed by atoms with Crippen molar-refractivity contribution in [3.8, 4) is 6.07 Å². The zero-order chi connectivity index (χ0) is 14.2. The number of hydrogen-bond acceptors (Lipinski definition) is 2. The number of nitriles is 1. The van der Waals surface area contributed by atoms with Crippen molar-refractivity contribution in [2.75, 3.05) is 13.1 Å². The van der Waals surface area contributed by atoms with Crippen LogP contribution in [0.2, 0.25) is 0 Å². The highest BCUT2D eigenvalue weighted by atomic mass is 16.4. The Bertz CT molecular complexity index is 535. The summed E-state index contributed by atoms with van der Waals surface area (Å²) in [6.07, 6.45) is 1.61. The van der Waals surface area contributed by atoms with Crippen LogP contribution < -0.4 is 0 Å². The van der Waals surface area contributed by atoms with Crippen LogP contribution in [0.3, 0.4) is 0 Å². The summed E-state index contributed by atoms with van der Waals surface area (Å²) in [7, 11) is 0. The van der Waals surface area contributed by atoms with E-state index in [1.165, 1.54) is 10.5 Å². The van der Waals surface area contributed by atoms with E-state index in [2.05, 4.69) is 18.2 Å².